The summed E-state index contributed by atoms with van der Waals surface area (Å²) in [5.74, 6) is 1.01. The van der Waals surface area contributed by atoms with Crippen molar-refractivity contribution in [1.29, 1.82) is 0 Å². The van der Waals surface area contributed by atoms with Crippen molar-refractivity contribution >= 4 is 0 Å². The summed E-state index contributed by atoms with van der Waals surface area (Å²) in [5, 5.41) is 0. The van der Waals surface area contributed by atoms with Crippen molar-refractivity contribution in [2.75, 3.05) is 0 Å². The van der Waals surface area contributed by atoms with Crippen LogP contribution in [0.1, 0.15) is 24.0 Å². The molecule has 2 aliphatic rings. The first-order valence-electron chi connectivity index (χ1n) is 17.0. The van der Waals surface area contributed by atoms with Gasteiger partial charge < -0.3 is 0 Å². The van der Waals surface area contributed by atoms with Gasteiger partial charge in [0, 0.05) is 28.0 Å². The van der Waals surface area contributed by atoms with Crippen LogP contribution in [0.15, 0.2) is 182 Å². The van der Waals surface area contributed by atoms with Gasteiger partial charge in [-0.2, -0.15) is 0 Å². The van der Waals surface area contributed by atoms with Gasteiger partial charge in [0.25, 0.3) is 0 Å². The van der Waals surface area contributed by atoms with Crippen LogP contribution in [-0.2, 0) is 5.41 Å². The van der Waals surface area contributed by atoms with E-state index < -0.39 is 0 Å². The lowest BCUT2D eigenvalue weighted by Crippen LogP contribution is -2.32. The van der Waals surface area contributed by atoms with Crippen LogP contribution in [0.3, 0.4) is 0 Å². The zero-order valence-electron chi connectivity index (χ0n) is 27.3. The Balaban J connectivity index is 1.16. The molecule has 0 fully saturated rings. The van der Waals surface area contributed by atoms with E-state index in [0.29, 0.717) is 11.7 Å². The standard InChI is InChI=1S/C47H34N2/c1-47-28-13-12-25-42(47)40-24-11-10-23-39(40)41-27-26-35(30-43(41)47)38-22-9-8-21-37(38)34-19-14-20-36(29-34)46-48-44(32-15-4-2-5-16-32)31-45(49-46)33-17-6-3-7-18-33/h2-31,42H,1H3. The van der Waals surface area contributed by atoms with Crippen LogP contribution in [0.5, 0.6) is 0 Å². The molecule has 0 amide bonds. The lowest BCUT2D eigenvalue weighted by atomic mass is 9.60. The van der Waals surface area contributed by atoms with Crippen LogP contribution >= 0.6 is 0 Å². The molecule has 1 aromatic heterocycles. The highest BCUT2D eigenvalue weighted by atomic mass is 14.9. The van der Waals surface area contributed by atoms with E-state index in [1.165, 1.54) is 38.9 Å². The fraction of sp³-hybridized carbons (Fsp3) is 0.0638. The molecule has 0 saturated carbocycles. The fourth-order valence-electron chi connectivity index (χ4n) is 7.73. The summed E-state index contributed by atoms with van der Waals surface area (Å²) in [6.45, 7) is 2.39. The Morgan fingerprint density at radius 3 is 1.71 bits per heavy atom. The highest BCUT2D eigenvalue weighted by molar-refractivity contribution is 5.88. The summed E-state index contributed by atoms with van der Waals surface area (Å²) in [5.41, 5.74) is 15.0. The van der Waals surface area contributed by atoms with Crippen molar-refractivity contribution in [1.82, 2.24) is 9.97 Å². The van der Waals surface area contributed by atoms with Gasteiger partial charge in [0.15, 0.2) is 5.82 Å². The van der Waals surface area contributed by atoms with Crippen molar-refractivity contribution in [3.8, 4) is 67.3 Å². The van der Waals surface area contributed by atoms with Crippen LogP contribution in [0.25, 0.3) is 67.3 Å². The first-order chi connectivity index (χ1) is 24.2. The highest BCUT2D eigenvalue weighted by Crippen LogP contribution is 2.54. The number of fused-ring (bicyclic) bond motifs is 6. The fourth-order valence-corrected chi connectivity index (χ4v) is 7.73. The molecule has 2 aliphatic carbocycles. The Kier molecular flexibility index (Phi) is 7.02. The van der Waals surface area contributed by atoms with Gasteiger partial charge in [-0.25, -0.2) is 9.97 Å². The molecule has 1 heterocycles. The van der Waals surface area contributed by atoms with Gasteiger partial charge in [0.05, 0.1) is 11.4 Å². The van der Waals surface area contributed by atoms with Crippen LogP contribution in [0.2, 0.25) is 0 Å². The number of hydrogen-bond donors (Lipinski definition) is 0. The summed E-state index contributed by atoms with van der Waals surface area (Å²) < 4.78 is 0. The van der Waals surface area contributed by atoms with E-state index in [9.17, 15) is 0 Å². The van der Waals surface area contributed by atoms with E-state index >= 15 is 0 Å². The van der Waals surface area contributed by atoms with Crippen LogP contribution in [-0.4, -0.2) is 9.97 Å². The second kappa shape index (κ2) is 11.8. The molecule has 232 valence electrons. The molecular formula is C47H34N2. The third kappa shape index (κ3) is 5.05. The third-order valence-corrected chi connectivity index (χ3v) is 10.2. The van der Waals surface area contributed by atoms with Gasteiger partial charge in [0.1, 0.15) is 0 Å². The number of benzene rings is 6. The topological polar surface area (TPSA) is 25.8 Å². The maximum atomic E-state index is 5.10. The Labute approximate surface area is 287 Å². The lowest BCUT2D eigenvalue weighted by Gasteiger charge is -2.42. The quantitative estimate of drug-likeness (QED) is 0.190. The minimum absolute atomic E-state index is 0.124. The number of aromatic nitrogens is 2. The average molecular weight is 627 g/mol. The van der Waals surface area contributed by atoms with Gasteiger partial charge in [-0.1, -0.05) is 171 Å². The van der Waals surface area contributed by atoms with Gasteiger partial charge in [-0.3, -0.25) is 0 Å². The van der Waals surface area contributed by atoms with Crippen LogP contribution < -0.4 is 0 Å². The third-order valence-electron chi connectivity index (χ3n) is 10.2. The number of nitrogens with zero attached hydrogens (tertiary/aromatic N) is 2. The number of rotatable bonds is 5. The second-order valence-corrected chi connectivity index (χ2v) is 13.2. The van der Waals surface area contributed by atoms with E-state index in [1.807, 2.05) is 12.1 Å². The van der Waals surface area contributed by atoms with Crippen molar-refractivity contribution in [2.24, 2.45) is 0 Å². The average Bonchev–Trinajstić information content (AvgIpc) is 3.18. The number of hydrogen-bond acceptors (Lipinski definition) is 2. The minimum Gasteiger partial charge on any atom is -0.228 e. The molecule has 2 nitrogen and oxygen atoms in total. The molecule has 0 spiro atoms. The minimum atomic E-state index is -0.124. The van der Waals surface area contributed by atoms with Gasteiger partial charge in [0.2, 0.25) is 0 Å². The summed E-state index contributed by atoms with van der Waals surface area (Å²) in [4.78, 5) is 10.2. The molecule has 0 N–H and O–H groups in total. The molecule has 0 saturated heterocycles. The van der Waals surface area contributed by atoms with Crippen LogP contribution in [0, 0.1) is 0 Å². The summed E-state index contributed by atoms with van der Waals surface area (Å²) in [6, 6.07) is 56.2. The Bertz CT molecular complexity index is 2350. The van der Waals surface area contributed by atoms with Crippen molar-refractivity contribution in [2.45, 2.75) is 18.3 Å². The maximum Gasteiger partial charge on any atom is 0.160 e. The Hall–Kier alpha value is -6.12. The van der Waals surface area contributed by atoms with Crippen molar-refractivity contribution < 1.29 is 0 Å². The smallest absolute Gasteiger partial charge is 0.160 e. The van der Waals surface area contributed by atoms with Crippen molar-refractivity contribution in [3.05, 3.63) is 193 Å². The molecule has 0 aliphatic heterocycles. The summed E-state index contributed by atoms with van der Waals surface area (Å²) in [6.07, 6.45) is 9.16. The summed E-state index contributed by atoms with van der Waals surface area (Å²) >= 11 is 0. The monoisotopic (exact) mass is 626 g/mol. The molecule has 49 heavy (non-hydrogen) atoms. The molecule has 0 bridgehead atoms. The Morgan fingerprint density at radius 1 is 0.449 bits per heavy atom. The predicted molar refractivity (Wildman–Crippen MR) is 203 cm³/mol. The van der Waals surface area contributed by atoms with Crippen LogP contribution in [0.4, 0.5) is 0 Å². The van der Waals surface area contributed by atoms with E-state index in [-0.39, 0.29) is 5.41 Å². The lowest BCUT2D eigenvalue weighted by molar-refractivity contribution is 0.519. The normalized spacial score (nSPS) is 17.2. The molecule has 9 rings (SSSR count). The first-order valence-corrected chi connectivity index (χ1v) is 17.0. The predicted octanol–water partition coefficient (Wildman–Crippen LogP) is 12.0. The molecular weight excluding hydrogens is 593 g/mol. The van der Waals surface area contributed by atoms with E-state index in [1.54, 1.807) is 0 Å². The van der Waals surface area contributed by atoms with E-state index in [2.05, 4.69) is 177 Å². The van der Waals surface area contributed by atoms with Gasteiger partial charge >= 0.3 is 0 Å². The Morgan fingerprint density at radius 2 is 1.02 bits per heavy atom. The highest BCUT2D eigenvalue weighted by Gasteiger charge is 2.41. The maximum absolute atomic E-state index is 5.10. The second-order valence-electron chi connectivity index (χ2n) is 13.2. The van der Waals surface area contributed by atoms with Gasteiger partial charge in [-0.15, -0.1) is 0 Å². The zero-order chi connectivity index (χ0) is 32.8. The largest absolute Gasteiger partial charge is 0.228 e. The number of allylic oxidation sites excluding steroid dienone is 4. The SMILES string of the molecule is CC12C=CC=CC1c1ccccc1-c1ccc(-c3ccccc3-c3cccc(-c4nc(-c5ccccc5)cc(-c5ccccc5)n4)c3)cc12. The molecule has 6 aromatic carbocycles. The zero-order valence-corrected chi connectivity index (χ0v) is 27.3. The molecule has 2 unspecified atom stereocenters. The molecule has 2 atom stereocenters. The van der Waals surface area contributed by atoms with Gasteiger partial charge in [-0.05, 0) is 62.7 Å². The van der Waals surface area contributed by atoms with E-state index in [4.69, 9.17) is 9.97 Å². The molecule has 0 radical (unpaired) electrons. The first kappa shape index (κ1) is 29.1. The molecule has 2 heteroatoms. The molecule has 7 aromatic rings. The van der Waals surface area contributed by atoms with Crippen molar-refractivity contribution in [3.63, 3.8) is 0 Å². The summed E-state index contributed by atoms with van der Waals surface area (Å²) in [7, 11) is 0. The van der Waals surface area contributed by atoms with E-state index in [0.717, 1.165) is 33.6 Å².